The highest BCUT2D eigenvalue weighted by atomic mass is 16.6. The summed E-state index contributed by atoms with van der Waals surface area (Å²) in [5, 5.41) is 14.8. The summed E-state index contributed by atoms with van der Waals surface area (Å²) < 4.78 is 5.33. The van der Waals surface area contributed by atoms with Crippen LogP contribution in [-0.2, 0) is 4.74 Å². The number of piperazine rings is 1. The Morgan fingerprint density at radius 1 is 1.15 bits per heavy atom. The zero-order valence-electron chi connectivity index (χ0n) is 15.3. The molecule has 2 saturated heterocycles. The molecule has 1 aromatic rings. The molecule has 0 spiro atoms. The first-order chi connectivity index (χ1) is 12.7. The van der Waals surface area contributed by atoms with Crippen LogP contribution >= 0.6 is 0 Å². The first-order valence-corrected chi connectivity index (χ1v) is 9.19. The van der Waals surface area contributed by atoms with E-state index in [9.17, 15) is 10.1 Å². The highest BCUT2D eigenvalue weighted by Crippen LogP contribution is 2.32. The number of likely N-dealkylation sites (N-methyl/N-ethyl adjacent to an activating group) is 1. The van der Waals surface area contributed by atoms with E-state index < -0.39 is 0 Å². The van der Waals surface area contributed by atoms with Gasteiger partial charge in [-0.2, -0.15) is 0 Å². The van der Waals surface area contributed by atoms with Crippen LogP contribution in [-0.4, -0.2) is 96.8 Å². The van der Waals surface area contributed by atoms with Gasteiger partial charge >= 0.3 is 5.69 Å². The minimum Gasteiger partial charge on any atom is -0.379 e. The van der Waals surface area contributed by atoms with Gasteiger partial charge in [0.1, 0.15) is 6.33 Å². The lowest BCUT2D eigenvalue weighted by atomic mass is 10.3. The van der Waals surface area contributed by atoms with Gasteiger partial charge in [0.15, 0.2) is 0 Å². The van der Waals surface area contributed by atoms with Crippen LogP contribution in [0.1, 0.15) is 6.92 Å². The maximum atomic E-state index is 11.7. The summed E-state index contributed by atoms with van der Waals surface area (Å²) in [6, 6.07) is 0. The minimum absolute atomic E-state index is 0.0283. The summed E-state index contributed by atoms with van der Waals surface area (Å²) in [6.45, 7) is 11.0. The molecule has 2 fully saturated rings. The molecule has 1 N–H and O–H groups in total. The minimum atomic E-state index is -0.376. The number of morpholine rings is 1. The van der Waals surface area contributed by atoms with Gasteiger partial charge < -0.3 is 19.9 Å². The summed E-state index contributed by atoms with van der Waals surface area (Å²) in [7, 11) is 0. The maximum absolute atomic E-state index is 11.7. The van der Waals surface area contributed by atoms with Crippen molar-refractivity contribution in [2.75, 3.05) is 82.3 Å². The van der Waals surface area contributed by atoms with Crippen molar-refractivity contribution in [2.45, 2.75) is 6.92 Å². The number of aromatic nitrogens is 2. The van der Waals surface area contributed by atoms with Crippen molar-refractivity contribution in [1.29, 1.82) is 0 Å². The van der Waals surface area contributed by atoms with Crippen molar-refractivity contribution < 1.29 is 9.66 Å². The van der Waals surface area contributed by atoms with Gasteiger partial charge in [-0.15, -0.1) is 0 Å². The van der Waals surface area contributed by atoms with Crippen LogP contribution in [0.3, 0.4) is 0 Å². The summed E-state index contributed by atoms with van der Waals surface area (Å²) in [6.07, 6.45) is 1.41. The Morgan fingerprint density at radius 3 is 2.54 bits per heavy atom. The van der Waals surface area contributed by atoms with Gasteiger partial charge in [-0.3, -0.25) is 15.0 Å². The van der Waals surface area contributed by atoms with Crippen LogP contribution < -0.4 is 10.2 Å². The molecule has 3 rings (SSSR count). The van der Waals surface area contributed by atoms with Crippen LogP contribution in [0.4, 0.5) is 17.3 Å². The molecule has 0 radical (unpaired) electrons. The molecule has 0 bridgehead atoms. The van der Waals surface area contributed by atoms with E-state index in [4.69, 9.17) is 4.74 Å². The van der Waals surface area contributed by atoms with Crippen molar-refractivity contribution >= 4 is 17.3 Å². The number of nitrogens with one attached hydrogen (secondary N) is 1. The lowest BCUT2D eigenvalue weighted by Crippen LogP contribution is -2.46. The number of rotatable bonds is 7. The van der Waals surface area contributed by atoms with E-state index in [1.54, 1.807) is 0 Å². The van der Waals surface area contributed by atoms with Gasteiger partial charge in [0.2, 0.25) is 11.6 Å². The molecule has 144 valence electrons. The van der Waals surface area contributed by atoms with E-state index in [0.717, 1.165) is 65.6 Å². The summed E-state index contributed by atoms with van der Waals surface area (Å²) in [4.78, 5) is 26.2. The average Bonchev–Trinajstić information content (AvgIpc) is 2.68. The van der Waals surface area contributed by atoms with Gasteiger partial charge in [0.25, 0.3) is 0 Å². The topological polar surface area (TPSA) is 99.9 Å². The quantitative estimate of drug-likeness (QED) is 0.539. The SMILES string of the molecule is CCN1CCN(c2ncnc(NCCN3CCOCC3)c2[N+](=O)[O-])CC1. The molecule has 26 heavy (non-hydrogen) atoms. The number of ether oxygens (including phenoxy) is 1. The van der Waals surface area contributed by atoms with Crippen molar-refractivity contribution in [2.24, 2.45) is 0 Å². The van der Waals surface area contributed by atoms with Crippen molar-refractivity contribution in [3.05, 3.63) is 16.4 Å². The third-order valence-electron chi connectivity index (χ3n) is 4.93. The van der Waals surface area contributed by atoms with Gasteiger partial charge in [-0.25, -0.2) is 9.97 Å². The van der Waals surface area contributed by atoms with Gasteiger partial charge in [-0.05, 0) is 6.54 Å². The Kier molecular flexibility index (Phi) is 6.53. The Morgan fingerprint density at radius 2 is 1.88 bits per heavy atom. The molecule has 10 heteroatoms. The molecule has 0 unspecified atom stereocenters. The number of hydrogen-bond acceptors (Lipinski definition) is 9. The third-order valence-corrected chi connectivity index (χ3v) is 4.93. The van der Waals surface area contributed by atoms with Crippen LogP contribution in [0.25, 0.3) is 0 Å². The first-order valence-electron chi connectivity index (χ1n) is 9.19. The zero-order valence-corrected chi connectivity index (χ0v) is 15.3. The van der Waals surface area contributed by atoms with Gasteiger partial charge in [0.05, 0.1) is 18.1 Å². The molecule has 2 aliphatic heterocycles. The predicted octanol–water partition coefficient (Wildman–Crippen LogP) is 0.271. The second-order valence-corrected chi connectivity index (χ2v) is 6.45. The highest BCUT2D eigenvalue weighted by molar-refractivity contribution is 5.70. The van der Waals surface area contributed by atoms with E-state index >= 15 is 0 Å². The Hall–Kier alpha value is -2.04. The normalized spacial score (nSPS) is 19.5. The van der Waals surface area contributed by atoms with E-state index in [1.165, 1.54) is 6.33 Å². The van der Waals surface area contributed by atoms with E-state index in [0.29, 0.717) is 18.2 Å². The Labute approximate surface area is 153 Å². The Bertz CT molecular complexity index is 602. The van der Waals surface area contributed by atoms with Crippen molar-refractivity contribution in [1.82, 2.24) is 19.8 Å². The standard InChI is InChI=1S/C16H27N7O3/c1-2-20-5-7-22(8-6-20)16-14(23(24)25)15(18-13-19-16)17-3-4-21-9-11-26-12-10-21/h13H,2-12H2,1H3,(H,17,18,19). The maximum Gasteiger partial charge on any atom is 0.353 e. The summed E-state index contributed by atoms with van der Waals surface area (Å²) >= 11 is 0. The monoisotopic (exact) mass is 365 g/mol. The fourth-order valence-electron chi connectivity index (χ4n) is 3.33. The predicted molar refractivity (Wildman–Crippen MR) is 98.8 cm³/mol. The molecule has 2 aliphatic rings. The highest BCUT2D eigenvalue weighted by Gasteiger charge is 2.28. The smallest absolute Gasteiger partial charge is 0.353 e. The molecule has 0 aromatic carbocycles. The van der Waals surface area contributed by atoms with E-state index in [1.807, 2.05) is 4.90 Å². The largest absolute Gasteiger partial charge is 0.379 e. The Balaban J connectivity index is 1.66. The van der Waals surface area contributed by atoms with Crippen molar-refractivity contribution in [3.63, 3.8) is 0 Å². The molecule has 0 amide bonds. The third kappa shape index (κ3) is 4.57. The molecule has 1 aromatic heterocycles. The lowest BCUT2D eigenvalue weighted by Gasteiger charge is -2.34. The van der Waals surface area contributed by atoms with Crippen LogP contribution in [0.15, 0.2) is 6.33 Å². The molecular formula is C16H27N7O3. The molecule has 10 nitrogen and oxygen atoms in total. The zero-order chi connectivity index (χ0) is 18.4. The fourth-order valence-corrected chi connectivity index (χ4v) is 3.33. The number of nitrogens with zero attached hydrogens (tertiary/aromatic N) is 6. The summed E-state index contributed by atoms with van der Waals surface area (Å²) in [5.41, 5.74) is -0.0283. The molecule has 3 heterocycles. The molecule has 0 atom stereocenters. The fraction of sp³-hybridized carbons (Fsp3) is 0.750. The van der Waals surface area contributed by atoms with Crippen molar-refractivity contribution in [3.8, 4) is 0 Å². The van der Waals surface area contributed by atoms with Crippen LogP contribution in [0, 0.1) is 10.1 Å². The van der Waals surface area contributed by atoms with E-state index in [2.05, 4.69) is 32.0 Å². The van der Waals surface area contributed by atoms with Crippen LogP contribution in [0.5, 0.6) is 0 Å². The number of anilines is 2. The summed E-state index contributed by atoms with van der Waals surface area (Å²) in [5.74, 6) is 0.709. The average molecular weight is 365 g/mol. The van der Waals surface area contributed by atoms with Gasteiger partial charge in [0, 0.05) is 52.4 Å². The molecular weight excluding hydrogens is 338 g/mol. The first kappa shape index (κ1) is 18.7. The van der Waals surface area contributed by atoms with E-state index in [-0.39, 0.29) is 10.6 Å². The number of hydrogen-bond donors (Lipinski definition) is 1. The van der Waals surface area contributed by atoms with Gasteiger partial charge in [-0.1, -0.05) is 6.92 Å². The van der Waals surface area contributed by atoms with Crippen LogP contribution in [0.2, 0.25) is 0 Å². The molecule has 0 aliphatic carbocycles. The second-order valence-electron chi connectivity index (χ2n) is 6.45. The second kappa shape index (κ2) is 9.06. The lowest BCUT2D eigenvalue weighted by molar-refractivity contribution is -0.383. The molecule has 0 saturated carbocycles. The number of nitro groups is 1.